The lowest BCUT2D eigenvalue weighted by molar-refractivity contribution is -0.121. The zero-order valence-electron chi connectivity index (χ0n) is 12.1. The van der Waals surface area contributed by atoms with E-state index in [1.165, 1.54) is 6.42 Å². The topological polar surface area (TPSA) is 17.1 Å². The van der Waals surface area contributed by atoms with E-state index < -0.39 is 8.07 Å². The summed E-state index contributed by atoms with van der Waals surface area (Å²) in [5, 5.41) is 0.442. The van der Waals surface area contributed by atoms with Gasteiger partial charge in [0.1, 0.15) is 5.78 Å². The summed E-state index contributed by atoms with van der Waals surface area (Å²) >= 11 is 0. The van der Waals surface area contributed by atoms with Crippen molar-refractivity contribution in [3.63, 3.8) is 0 Å². The summed E-state index contributed by atoms with van der Waals surface area (Å²) in [4.78, 5) is 11.6. The van der Waals surface area contributed by atoms with Gasteiger partial charge in [-0.15, -0.1) is 0 Å². The minimum Gasteiger partial charge on any atom is -0.300 e. The molecule has 1 saturated carbocycles. The molecule has 0 heterocycles. The van der Waals surface area contributed by atoms with Crippen LogP contribution >= 0.6 is 0 Å². The fraction of sp³-hybridized carbons (Fsp3) is 0.929. The van der Waals surface area contributed by atoms with Gasteiger partial charge < -0.3 is 0 Å². The lowest BCUT2D eigenvalue weighted by Gasteiger charge is -2.44. The van der Waals surface area contributed by atoms with E-state index in [9.17, 15) is 4.79 Å². The Morgan fingerprint density at radius 2 is 1.69 bits per heavy atom. The minimum atomic E-state index is -1.27. The molecular weight excluding hydrogens is 212 g/mol. The van der Waals surface area contributed by atoms with Crippen LogP contribution in [0.3, 0.4) is 0 Å². The first-order chi connectivity index (χ1) is 7.09. The van der Waals surface area contributed by atoms with Gasteiger partial charge in [0.25, 0.3) is 0 Å². The van der Waals surface area contributed by atoms with Gasteiger partial charge >= 0.3 is 0 Å². The second kappa shape index (κ2) is 4.28. The van der Waals surface area contributed by atoms with Crippen molar-refractivity contribution < 1.29 is 4.79 Å². The lowest BCUT2D eigenvalue weighted by atomic mass is 9.94. The lowest BCUT2D eigenvalue weighted by Crippen LogP contribution is -2.43. The van der Waals surface area contributed by atoms with Gasteiger partial charge in [-0.3, -0.25) is 4.79 Å². The normalized spacial score (nSPS) is 31.8. The van der Waals surface area contributed by atoms with Gasteiger partial charge in [0.2, 0.25) is 0 Å². The zero-order chi connectivity index (χ0) is 12.7. The second-order valence-corrected chi connectivity index (χ2v) is 12.9. The predicted octanol–water partition coefficient (Wildman–Crippen LogP) is 4.50. The van der Waals surface area contributed by atoms with Crippen LogP contribution < -0.4 is 0 Å². The molecule has 0 N–H and O–H groups in total. The van der Waals surface area contributed by atoms with E-state index in [1.807, 2.05) is 0 Å². The van der Waals surface area contributed by atoms with Crippen molar-refractivity contribution in [1.82, 2.24) is 0 Å². The van der Waals surface area contributed by atoms with Crippen LogP contribution in [0, 0.1) is 11.8 Å². The van der Waals surface area contributed by atoms with Crippen molar-refractivity contribution in [1.29, 1.82) is 0 Å². The first-order valence-corrected chi connectivity index (χ1v) is 9.67. The highest BCUT2D eigenvalue weighted by molar-refractivity contribution is 6.81. The average Bonchev–Trinajstić information content (AvgIpc) is 2.44. The summed E-state index contributed by atoms with van der Waals surface area (Å²) in [7, 11) is -1.27. The van der Waals surface area contributed by atoms with E-state index in [4.69, 9.17) is 0 Å². The van der Waals surface area contributed by atoms with Crippen molar-refractivity contribution in [2.45, 2.75) is 71.1 Å². The molecule has 1 rings (SSSR count). The van der Waals surface area contributed by atoms with Crippen molar-refractivity contribution in [2.75, 3.05) is 0 Å². The molecule has 1 nitrogen and oxygen atoms in total. The maximum absolute atomic E-state index is 11.6. The number of rotatable bonds is 2. The van der Waals surface area contributed by atoms with E-state index in [-0.39, 0.29) is 0 Å². The first kappa shape index (κ1) is 13.9. The summed E-state index contributed by atoms with van der Waals surface area (Å²) in [6, 6.07) is 0. The number of hydrogen-bond acceptors (Lipinski definition) is 1. The van der Waals surface area contributed by atoms with E-state index in [2.05, 4.69) is 40.8 Å². The Bertz CT molecular complexity index is 275. The highest BCUT2D eigenvalue weighted by atomic mass is 28.3. The Balaban J connectivity index is 2.89. The number of ketones is 1. The molecule has 16 heavy (non-hydrogen) atoms. The largest absolute Gasteiger partial charge is 0.300 e. The summed E-state index contributed by atoms with van der Waals surface area (Å²) in [6.45, 7) is 16.2. The number of carbonyl (C=O) groups is 1. The van der Waals surface area contributed by atoms with Gasteiger partial charge in [-0.05, 0) is 29.8 Å². The fourth-order valence-electron chi connectivity index (χ4n) is 3.31. The maximum atomic E-state index is 11.6. The molecule has 1 fully saturated rings. The highest BCUT2D eigenvalue weighted by Gasteiger charge is 2.49. The van der Waals surface area contributed by atoms with Crippen molar-refractivity contribution in [3.05, 3.63) is 0 Å². The van der Waals surface area contributed by atoms with Crippen LogP contribution in [-0.4, -0.2) is 13.9 Å². The Morgan fingerprint density at radius 1 is 1.19 bits per heavy atom. The Morgan fingerprint density at radius 3 is 2.00 bits per heavy atom. The van der Waals surface area contributed by atoms with E-state index in [1.54, 1.807) is 6.92 Å². The summed E-state index contributed by atoms with van der Waals surface area (Å²) in [5.41, 5.74) is 0.821. The molecule has 0 spiro atoms. The molecule has 3 atom stereocenters. The van der Waals surface area contributed by atoms with Crippen molar-refractivity contribution in [2.24, 2.45) is 11.8 Å². The van der Waals surface area contributed by atoms with Gasteiger partial charge in [-0.1, -0.05) is 47.2 Å². The molecule has 1 aliphatic rings. The third-order valence-corrected chi connectivity index (χ3v) is 12.0. The van der Waals surface area contributed by atoms with Gasteiger partial charge in [-0.2, -0.15) is 0 Å². The Kier molecular flexibility index (Phi) is 3.74. The van der Waals surface area contributed by atoms with Crippen LogP contribution in [0.4, 0.5) is 0 Å². The molecule has 0 aromatic carbocycles. The number of Topliss-reactive ketones (excluding diaryl/α,β-unsaturated/α-hetero) is 1. The molecule has 1 aliphatic carbocycles. The third kappa shape index (κ3) is 2.27. The quantitative estimate of drug-likeness (QED) is 0.650. The molecule has 94 valence electrons. The van der Waals surface area contributed by atoms with Crippen LogP contribution in [0.15, 0.2) is 0 Å². The molecule has 2 heteroatoms. The highest BCUT2D eigenvalue weighted by Crippen LogP contribution is 2.54. The van der Waals surface area contributed by atoms with Crippen LogP contribution in [-0.2, 0) is 4.79 Å². The third-order valence-electron chi connectivity index (χ3n) is 5.44. The molecule has 0 radical (unpaired) electrons. The van der Waals surface area contributed by atoms with E-state index in [0.29, 0.717) is 22.7 Å². The van der Waals surface area contributed by atoms with E-state index in [0.717, 1.165) is 12.0 Å². The predicted molar refractivity (Wildman–Crippen MR) is 73.5 cm³/mol. The van der Waals surface area contributed by atoms with Gasteiger partial charge in [-0.25, -0.2) is 0 Å². The first-order valence-electron chi connectivity index (χ1n) is 6.59. The fourth-order valence-corrected chi connectivity index (χ4v) is 6.86. The van der Waals surface area contributed by atoms with Crippen LogP contribution in [0.5, 0.6) is 0 Å². The SMILES string of the molecule is CC(=O)[C@H]1CC[C@@H]([Si](C)(C)C(C)(C)C)[C@H]1C. The molecule has 0 aromatic heterocycles. The van der Waals surface area contributed by atoms with Crippen molar-refractivity contribution in [3.8, 4) is 0 Å². The maximum Gasteiger partial charge on any atom is 0.133 e. The summed E-state index contributed by atoms with van der Waals surface area (Å²) in [5.74, 6) is 1.37. The van der Waals surface area contributed by atoms with Crippen molar-refractivity contribution >= 4 is 13.9 Å². The monoisotopic (exact) mass is 240 g/mol. The van der Waals surface area contributed by atoms with E-state index >= 15 is 0 Å². The number of hydrogen-bond donors (Lipinski definition) is 0. The molecule has 0 saturated heterocycles. The minimum absolute atomic E-state index is 0.346. The van der Waals surface area contributed by atoms with Gasteiger partial charge in [0.05, 0.1) is 8.07 Å². The van der Waals surface area contributed by atoms with Gasteiger partial charge in [0.15, 0.2) is 0 Å². The second-order valence-electron chi connectivity index (χ2n) is 7.23. The standard InChI is InChI=1S/C14H28OSi/c1-10-12(11(2)15)8-9-13(10)16(6,7)14(3,4)5/h10,12-13H,8-9H2,1-7H3/t10-,12-,13+/m0/s1. The summed E-state index contributed by atoms with van der Waals surface area (Å²) in [6.07, 6.45) is 2.41. The Labute approximate surface area is 102 Å². The molecular formula is C14H28OSi. The summed E-state index contributed by atoms with van der Waals surface area (Å²) < 4.78 is 0. The Hall–Kier alpha value is -0.113. The van der Waals surface area contributed by atoms with Crippen LogP contribution in [0.25, 0.3) is 0 Å². The van der Waals surface area contributed by atoms with Crippen LogP contribution in [0.2, 0.25) is 23.7 Å². The molecule has 0 aromatic rings. The average molecular weight is 240 g/mol. The molecule has 0 amide bonds. The molecule has 0 unspecified atom stereocenters. The zero-order valence-corrected chi connectivity index (χ0v) is 13.1. The molecule has 0 bridgehead atoms. The number of carbonyl (C=O) groups excluding carboxylic acids is 1. The smallest absolute Gasteiger partial charge is 0.133 e. The molecule has 0 aliphatic heterocycles. The van der Waals surface area contributed by atoms with Gasteiger partial charge in [0, 0.05) is 5.92 Å². The van der Waals surface area contributed by atoms with Crippen LogP contribution in [0.1, 0.15) is 47.5 Å².